The third-order valence-electron chi connectivity index (χ3n) is 4.43. The molecule has 0 aliphatic heterocycles. The largest absolute Gasteiger partial charge is 0.348 e. The summed E-state index contributed by atoms with van der Waals surface area (Å²) < 4.78 is 2.13. The SMILES string of the molecule is O=C(NCc1cccc(Cn2cnc3ccccc32)c1)c1ccc(Cl)cc1. The van der Waals surface area contributed by atoms with Gasteiger partial charge >= 0.3 is 0 Å². The Kier molecular flexibility index (Phi) is 4.90. The number of carbonyl (C=O) groups is 1. The molecule has 1 aromatic heterocycles. The molecular weight excluding hydrogens is 358 g/mol. The Labute approximate surface area is 162 Å². The van der Waals surface area contributed by atoms with Gasteiger partial charge in [0.2, 0.25) is 0 Å². The number of rotatable bonds is 5. The van der Waals surface area contributed by atoms with Crippen LogP contribution in [0.3, 0.4) is 0 Å². The smallest absolute Gasteiger partial charge is 0.251 e. The number of fused-ring (bicyclic) bond motifs is 1. The molecule has 27 heavy (non-hydrogen) atoms. The number of hydrogen-bond acceptors (Lipinski definition) is 2. The van der Waals surface area contributed by atoms with Crippen molar-refractivity contribution < 1.29 is 4.79 Å². The maximum absolute atomic E-state index is 12.3. The fourth-order valence-corrected chi connectivity index (χ4v) is 3.18. The molecule has 1 amide bonds. The number of aromatic nitrogens is 2. The van der Waals surface area contributed by atoms with Crippen LogP contribution in [0.4, 0.5) is 0 Å². The summed E-state index contributed by atoms with van der Waals surface area (Å²) in [6, 6.07) is 23.2. The number of halogens is 1. The predicted octanol–water partition coefficient (Wildman–Crippen LogP) is 4.67. The molecule has 0 spiro atoms. The van der Waals surface area contributed by atoms with E-state index in [1.807, 2.05) is 36.7 Å². The minimum atomic E-state index is -0.113. The Morgan fingerprint density at radius 3 is 2.59 bits per heavy atom. The van der Waals surface area contributed by atoms with Crippen LogP contribution in [0.5, 0.6) is 0 Å². The van der Waals surface area contributed by atoms with Crippen molar-refractivity contribution in [3.8, 4) is 0 Å². The molecule has 0 aliphatic carbocycles. The summed E-state index contributed by atoms with van der Waals surface area (Å²) in [6.45, 7) is 1.21. The van der Waals surface area contributed by atoms with Crippen molar-refractivity contribution in [1.29, 1.82) is 0 Å². The normalized spacial score (nSPS) is 10.9. The third kappa shape index (κ3) is 4.01. The van der Waals surface area contributed by atoms with Crippen LogP contribution in [0.15, 0.2) is 79.1 Å². The molecule has 5 heteroatoms. The number of benzene rings is 3. The number of para-hydroxylation sites is 2. The van der Waals surface area contributed by atoms with Gasteiger partial charge in [-0.3, -0.25) is 4.79 Å². The van der Waals surface area contributed by atoms with Gasteiger partial charge in [-0.1, -0.05) is 48.0 Å². The van der Waals surface area contributed by atoms with E-state index in [4.69, 9.17) is 11.6 Å². The lowest BCUT2D eigenvalue weighted by Gasteiger charge is -2.09. The molecule has 4 aromatic rings. The molecule has 0 radical (unpaired) electrons. The van der Waals surface area contributed by atoms with Gasteiger partial charge in [0, 0.05) is 23.7 Å². The van der Waals surface area contributed by atoms with E-state index in [-0.39, 0.29) is 5.91 Å². The first-order valence-corrected chi connectivity index (χ1v) is 9.08. The summed E-state index contributed by atoms with van der Waals surface area (Å²) in [7, 11) is 0. The maximum atomic E-state index is 12.3. The van der Waals surface area contributed by atoms with E-state index in [1.54, 1.807) is 24.3 Å². The zero-order valence-electron chi connectivity index (χ0n) is 14.6. The van der Waals surface area contributed by atoms with Crippen LogP contribution >= 0.6 is 11.6 Å². The molecule has 0 unspecified atom stereocenters. The van der Waals surface area contributed by atoms with Gasteiger partial charge in [-0.2, -0.15) is 0 Å². The Morgan fingerprint density at radius 1 is 0.963 bits per heavy atom. The summed E-state index contributed by atoms with van der Waals surface area (Å²) >= 11 is 5.86. The Bertz CT molecular complexity index is 1090. The number of carbonyl (C=O) groups excluding carboxylic acids is 1. The van der Waals surface area contributed by atoms with Crippen LogP contribution < -0.4 is 5.32 Å². The summed E-state index contributed by atoms with van der Waals surface area (Å²) in [5.74, 6) is -0.113. The topological polar surface area (TPSA) is 46.9 Å². The second-order valence-corrected chi connectivity index (χ2v) is 6.81. The Balaban J connectivity index is 1.44. The number of imidazole rings is 1. The fraction of sp³-hybridized carbons (Fsp3) is 0.0909. The van der Waals surface area contributed by atoms with E-state index in [2.05, 4.69) is 33.1 Å². The molecule has 134 valence electrons. The standard InChI is InChI=1S/C22H18ClN3O/c23-19-10-8-18(9-11-19)22(27)24-13-16-4-3-5-17(12-16)14-26-15-25-20-6-1-2-7-21(20)26/h1-12,15H,13-14H2,(H,24,27). The van der Waals surface area contributed by atoms with E-state index in [0.29, 0.717) is 17.1 Å². The number of amides is 1. The van der Waals surface area contributed by atoms with Crippen LogP contribution in [0.25, 0.3) is 11.0 Å². The minimum Gasteiger partial charge on any atom is -0.348 e. The van der Waals surface area contributed by atoms with Crippen molar-refractivity contribution in [2.24, 2.45) is 0 Å². The van der Waals surface area contributed by atoms with Crippen LogP contribution in [-0.4, -0.2) is 15.5 Å². The van der Waals surface area contributed by atoms with Crippen molar-refractivity contribution in [3.63, 3.8) is 0 Å². The van der Waals surface area contributed by atoms with E-state index >= 15 is 0 Å². The quantitative estimate of drug-likeness (QED) is 0.551. The van der Waals surface area contributed by atoms with Gasteiger partial charge in [-0.25, -0.2) is 4.98 Å². The summed E-state index contributed by atoms with van der Waals surface area (Å²) in [5, 5.41) is 3.57. The molecule has 4 nitrogen and oxygen atoms in total. The van der Waals surface area contributed by atoms with Crippen molar-refractivity contribution >= 4 is 28.5 Å². The summed E-state index contributed by atoms with van der Waals surface area (Å²) in [6.07, 6.45) is 1.86. The average molecular weight is 376 g/mol. The molecule has 0 aliphatic rings. The second kappa shape index (κ2) is 7.64. The first kappa shape index (κ1) is 17.3. The minimum absolute atomic E-state index is 0.113. The van der Waals surface area contributed by atoms with Crippen LogP contribution in [-0.2, 0) is 13.1 Å². The molecule has 0 atom stereocenters. The Morgan fingerprint density at radius 2 is 1.74 bits per heavy atom. The number of hydrogen-bond donors (Lipinski definition) is 1. The zero-order valence-corrected chi connectivity index (χ0v) is 15.4. The maximum Gasteiger partial charge on any atom is 0.251 e. The molecular formula is C22H18ClN3O. The van der Waals surface area contributed by atoms with Crippen molar-refractivity contribution in [1.82, 2.24) is 14.9 Å². The monoisotopic (exact) mass is 375 g/mol. The van der Waals surface area contributed by atoms with E-state index in [0.717, 1.165) is 28.7 Å². The number of nitrogens with zero attached hydrogens (tertiary/aromatic N) is 2. The van der Waals surface area contributed by atoms with Gasteiger partial charge in [0.15, 0.2) is 0 Å². The van der Waals surface area contributed by atoms with Gasteiger partial charge < -0.3 is 9.88 Å². The molecule has 1 heterocycles. The second-order valence-electron chi connectivity index (χ2n) is 6.37. The Hall–Kier alpha value is -3.11. The molecule has 3 aromatic carbocycles. The lowest BCUT2D eigenvalue weighted by atomic mass is 10.1. The molecule has 0 saturated heterocycles. The average Bonchev–Trinajstić information content (AvgIpc) is 3.10. The van der Waals surface area contributed by atoms with Crippen molar-refractivity contribution in [3.05, 3.63) is 101 Å². The highest BCUT2D eigenvalue weighted by Gasteiger charge is 2.06. The fourth-order valence-electron chi connectivity index (χ4n) is 3.06. The van der Waals surface area contributed by atoms with Gasteiger partial charge in [0.25, 0.3) is 5.91 Å². The molecule has 0 saturated carbocycles. The van der Waals surface area contributed by atoms with Gasteiger partial charge in [-0.05, 0) is 47.5 Å². The molecule has 4 rings (SSSR count). The van der Waals surface area contributed by atoms with Gasteiger partial charge in [0.1, 0.15) is 0 Å². The summed E-state index contributed by atoms with van der Waals surface area (Å²) in [5.41, 5.74) is 4.92. The van der Waals surface area contributed by atoms with Crippen LogP contribution in [0.1, 0.15) is 21.5 Å². The lowest BCUT2D eigenvalue weighted by molar-refractivity contribution is 0.0951. The van der Waals surface area contributed by atoms with Crippen LogP contribution in [0, 0.1) is 0 Å². The van der Waals surface area contributed by atoms with E-state index in [1.165, 1.54) is 0 Å². The predicted molar refractivity (Wildman–Crippen MR) is 108 cm³/mol. The third-order valence-corrected chi connectivity index (χ3v) is 4.68. The van der Waals surface area contributed by atoms with Crippen molar-refractivity contribution in [2.75, 3.05) is 0 Å². The van der Waals surface area contributed by atoms with E-state index < -0.39 is 0 Å². The molecule has 0 fully saturated rings. The van der Waals surface area contributed by atoms with Gasteiger partial charge in [-0.15, -0.1) is 0 Å². The zero-order chi connectivity index (χ0) is 18.6. The highest BCUT2D eigenvalue weighted by molar-refractivity contribution is 6.30. The summed E-state index contributed by atoms with van der Waals surface area (Å²) in [4.78, 5) is 16.7. The number of nitrogens with one attached hydrogen (secondary N) is 1. The van der Waals surface area contributed by atoms with E-state index in [9.17, 15) is 4.79 Å². The lowest BCUT2D eigenvalue weighted by Crippen LogP contribution is -2.22. The van der Waals surface area contributed by atoms with Gasteiger partial charge in [0.05, 0.1) is 17.4 Å². The first-order valence-electron chi connectivity index (χ1n) is 8.70. The first-order chi connectivity index (χ1) is 13.2. The highest BCUT2D eigenvalue weighted by atomic mass is 35.5. The van der Waals surface area contributed by atoms with Crippen LogP contribution in [0.2, 0.25) is 5.02 Å². The molecule has 1 N–H and O–H groups in total. The van der Waals surface area contributed by atoms with Crippen molar-refractivity contribution in [2.45, 2.75) is 13.1 Å². The highest BCUT2D eigenvalue weighted by Crippen LogP contribution is 2.15. The molecule has 0 bridgehead atoms.